The topological polar surface area (TPSA) is 111 Å². The Bertz CT molecular complexity index is 1570. The van der Waals surface area contributed by atoms with E-state index in [2.05, 4.69) is 29.4 Å². The van der Waals surface area contributed by atoms with Crippen LogP contribution < -0.4 is 14.8 Å². The van der Waals surface area contributed by atoms with E-state index in [0.717, 1.165) is 38.7 Å². The van der Waals surface area contributed by atoms with Crippen molar-refractivity contribution in [1.82, 2.24) is 14.8 Å². The average molecular weight is 546 g/mol. The zero-order valence-corrected chi connectivity index (χ0v) is 23.6. The van der Waals surface area contributed by atoms with Crippen LogP contribution in [0.5, 0.6) is 11.5 Å². The SMILES string of the molecule is COc1cccc(CNc2ccc(C3=N[C@@H](C(C)C(=O)O)c4nnc(C)n4-c4sc(C)c(C)c43)cc2)c1OC. The van der Waals surface area contributed by atoms with Gasteiger partial charge in [0, 0.05) is 33.8 Å². The number of carbonyl (C=O) groups is 1. The summed E-state index contributed by atoms with van der Waals surface area (Å²) in [4.78, 5) is 18.3. The molecule has 9 nitrogen and oxygen atoms in total. The number of anilines is 1. The van der Waals surface area contributed by atoms with Crippen molar-refractivity contribution < 1.29 is 19.4 Å². The third-order valence-corrected chi connectivity index (χ3v) is 8.37. The number of nitrogens with zero attached hydrogens (tertiary/aromatic N) is 4. The van der Waals surface area contributed by atoms with E-state index in [1.165, 1.54) is 4.88 Å². The maximum Gasteiger partial charge on any atom is 0.308 e. The van der Waals surface area contributed by atoms with Gasteiger partial charge in [0.25, 0.3) is 0 Å². The molecule has 0 spiro atoms. The third-order valence-electron chi connectivity index (χ3n) is 7.18. The minimum atomic E-state index is -0.930. The average Bonchev–Trinajstić information content (AvgIpc) is 3.41. The second kappa shape index (κ2) is 10.5. The fourth-order valence-corrected chi connectivity index (χ4v) is 6.07. The smallest absolute Gasteiger partial charge is 0.308 e. The molecule has 0 fully saturated rings. The summed E-state index contributed by atoms with van der Waals surface area (Å²) < 4.78 is 12.9. The van der Waals surface area contributed by atoms with E-state index >= 15 is 0 Å². The van der Waals surface area contributed by atoms with Gasteiger partial charge in [0.05, 0.1) is 25.8 Å². The van der Waals surface area contributed by atoms with Crippen LogP contribution in [-0.2, 0) is 11.3 Å². The number of carboxylic acid groups (broad SMARTS) is 1. The number of fused-ring (bicyclic) bond motifs is 3. The highest BCUT2D eigenvalue weighted by atomic mass is 32.1. The molecule has 1 aliphatic rings. The minimum Gasteiger partial charge on any atom is -0.493 e. The Morgan fingerprint density at radius 3 is 2.51 bits per heavy atom. The van der Waals surface area contributed by atoms with Gasteiger partial charge in [0.2, 0.25) is 0 Å². The number of methoxy groups -OCH3 is 2. The molecule has 0 aliphatic carbocycles. The number of nitrogens with one attached hydrogen (secondary N) is 1. The number of carboxylic acids is 1. The molecule has 3 heterocycles. The summed E-state index contributed by atoms with van der Waals surface area (Å²) in [6.07, 6.45) is 0. The van der Waals surface area contributed by atoms with Crippen molar-refractivity contribution in [2.24, 2.45) is 10.9 Å². The maximum atomic E-state index is 12.1. The van der Waals surface area contributed by atoms with Crippen LogP contribution >= 0.6 is 11.3 Å². The van der Waals surface area contributed by atoms with Crippen molar-refractivity contribution in [3.05, 3.63) is 81.2 Å². The molecule has 1 aliphatic heterocycles. The first kappa shape index (κ1) is 26.4. The number of hydrogen-bond acceptors (Lipinski definition) is 8. The Balaban J connectivity index is 1.53. The molecule has 39 heavy (non-hydrogen) atoms. The van der Waals surface area contributed by atoms with Crippen LogP contribution in [0.4, 0.5) is 5.69 Å². The number of benzene rings is 2. The molecule has 0 bridgehead atoms. The lowest BCUT2D eigenvalue weighted by atomic mass is 9.98. The molecule has 2 atom stereocenters. The zero-order valence-electron chi connectivity index (χ0n) is 22.8. The molecular formula is C29H31N5O4S. The van der Waals surface area contributed by atoms with Gasteiger partial charge < -0.3 is 19.9 Å². The molecule has 2 aromatic heterocycles. The number of aliphatic carboxylic acids is 1. The summed E-state index contributed by atoms with van der Waals surface area (Å²) in [6, 6.07) is 13.2. The molecule has 2 aromatic carbocycles. The van der Waals surface area contributed by atoms with Crippen LogP contribution in [0.15, 0.2) is 47.5 Å². The summed E-state index contributed by atoms with van der Waals surface area (Å²) in [6.45, 7) is 8.27. The zero-order chi connectivity index (χ0) is 27.8. The molecule has 202 valence electrons. The largest absolute Gasteiger partial charge is 0.493 e. The Labute approximate surface area is 231 Å². The molecule has 10 heteroatoms. The molecule has 4 aromatic rings. The third kappa shape index (κ3) is 4.65. The first-order chi connectivity index (χ1) is 18.7. The van der Waals surface area contributed by atoms with Gasteiger partial charge >= 0.3 is 5.97 Å². The van der Waals surface area contributed by atoms with E-state index in [1.807, 2.05) is 54.0 Å². The normalized spacial score (nSPS) is 15.0. The van der Waals surface area contributed by atoms with Gasteiger partial charge in [-0.05, 0) is 51.5 Å². The first-order valence-corrected chi connectivity index (χ1v) is 13.4. The molecule has 0 amide bonds. The lowest BCUT2D eigenvalue weighted by Gasteiger charge is -2.16. The Kier molecular flexibility index (Phi) is 7.14. The fraction of sp³-hybridized carbons (Fsp3) is 0.310. The number of para-hydroxylation sites is 1. The van der Waals surface area contributed by atoms with Crippen LogP contribution in [0.3, 0.4) is 0 Å². The van der Waals surface area contributed by atoms with Gasteiger partial charge in [-0.2, -0.15) is 0 Å². The van der Waals surface area contributed by atoms with Gasteiger partial charge in [-0.1, -0.05) is 24.3 Å². The lowest BCUT2D eigenvalue weighted by Crippen LogP contribution is -2.21. The number of aromatic nitrogens is 3. The number of hydrogen-bond donors (Lipinski definition) is 2. The van der Waals surface area contributed by atoms with Crippen LogP contribution in [-0.4, -0.2) is 45.8 Å². The van der Waals surface area contributed by atoms with Crippen molar-refractivity contribution in [2.75, 3.05) is 19.5 Å². The highest BCUT2D eigenvalue weighted by Gasteiger charge is 2.36. The monoisotopic (exact) mass is 545 g/mol. The number of aryl methyl sites for hydroxylation is 2. The number of aliphatic imine (C=N–C) groups is 1. The lowest BCUT2D eigenvalue weighted by molar-refractivity contribution is -0.141. The van der Waals surface area contributed by atoms with Crippen LogP contribution in [0.1, 0.15) is 51.7 Å². The number of ether oxygens (including phenoxy) is 2. The second-order valence-electron chi connectivity index (χ2n) is 9.54. The molecule has 5 rings (SSSR count). The van der Waals surface area contributed by atoms with Crippen molar-refractivity contribution in [1.29, 1.82) is 0 Å². The molecule has 0 saturated carbocycles. The fourth-order valence-electron chi connectivity index (χ4n) is 4.85. The van der Waals surface area contributed by atoms with Gasteiger partial charge in [0.15, 0.2) is 17.3 Å². The molecule has 2 N–H and O–H groups in total. The Morgan fingerprint density at radius 2 is 1.85 bits per heavy atom. The predicted octanol–water partition coefficient (Wildman–Crippen LogP) is 5.50. The van der Waals surface area contributed by atoms with E-state index in [9.17, 15) is 9.90 Å². The Hall–Kier alpha value is -4.18. The van der Waals surface area contributed by atoms with Crippen molar-refractivity contribution in [2.45, 2.75) is 40.3 Å². The quantitative estimate of drug-likeness (QED) is 0.301. The van der Waals surface area contributed by atoms with Crippen molar-refractivity contribution in [3.63, 3.8) is 0 Å². The van der Waals surface area contributed by atoms with Crippen LogP contribution in [0.2, 0.25) is 0 Å². The standard InChI is InChI=1S/C29H31N5O4S/c1-15-17(3)39-28-23(15)25(31-24(16(2)29(35)36)27-33-32-18(4)34(27)28)19-10-12-21(13-11-19)30-14-20-8-7-9-22(37-5)26(20)38-6/h7-13,16,24,30H,14H2,1-6H3,(H,35,36)/t16?,24-/m0/s1. The van der Waals surface area contributed by atoms with Crippen molar-refractivity contribution >= 4 is 28.7 Å². The maximum absolute atomic E-state index is 12.1. The van der Waals surface area contributed by atoms with Gasteiger partial charge in [-0.15, -0.1) is 21.5 Å². The number of thiophene rings is 1. The van der Waals surface area contributed by atoms with Crippen LogP contribution in [0.25, 0.3) is 5.00 Å². The van der Waals surface area contributed by atoms with E-state index in [1.54, 1.807) is 32.5 Å². The highest BCUT2D eigenvalue weighted by molar-refractivity contribution is 7.15. The molecule has 0 saturated heterocycles. The summed E-state index contributed by atoms with van der Waals surface area (Å²) in [5.74, 6) is 0.932. The van der Waals surface area contributed by atoms with E-state index in [-0.39, 0.29) is 0 Å². The highest BCUT2D eigenvalue weighted by Crippen LogP contribution is 2.40. The van der Waals surface area contributed by atoms with Gasteiger partial charge in [-0.25, -0.2) is 0 Å². The Morgan fingerprint density at radius 1 is 1.10 bits per heavy atom. The van der Waals surface area contributed by atoms with E-state index in [0.29, 0.717) is 29.7 Å². The molecule has 0 radical (unpaired) electrons. The summed E-state index contributed by atoms with van der Waals surface area (Å²) >= 11 is 1.65. The van der Waals surface area contributed by atoms with Crippen molar-refractivity contribution in [3.8, 4) is 16.5 Å². The van der Waals surface area contributed by atoms with Gasteiger partial charge in [-0.3, -0.25) is 14.4 Å². The number of rotatable bonds is 8. The van der Waals surface area contributed by atoms with Gasteiger partial charge in [0.1, 0.15) is 16.9 Å². The summed E-state index contributed by atoms with van der Waals surface area (Å²) in [5.41, 5.74) is 5.68. The minimum absolute atomic E-state index is 0.547. The molecular weight excluding hydrogens is 514 g/mol. The second-order valence-corrected chi connectivity index (χ2v) is 10.7. The first-order valence-electron chi connectivity index (χ1n) is 12.6. The molecule has 1 unspecified atom stereocenters. The summed E-state index contributed by atoms with van der Waals surface area (Å²) in [5, 5.41) is 23.0. The van der Waals surface area contributed by atoms with E-state index in [4.69, 9.17) is 14.5 Å². The van der Waals surface area contributed by atoms with E-state index < -0.39 is 17.9 Å². The predicted molar refractivity (Wildman–Crippen MR) is 152 cm³/mol. The van der Waals surface area contributed by atoms with Crippen LogP contribution in [0, 0.1) is 26.7 Å². The summed E-state index contributed by atoms with van der Waals surface area (Å²) in [7, 11) is 3.26.